The van der Waals surface area contributed by atoms with E-state index in [1.165, 1.54) is 6.07 Å². The molecule has 0 aliphatic heterocycles. The number of hydrogen-bond donors (Lipinski definition) is 0. The highest BCUT2D eigenvalue weighted by Crippen LogP contribution is 2.25. The summed E-state index contributed by atoms with van der Waals surface area (Å²) in [5, 5.41) is 0. The molecule has 0 unspecified atom stereocenters. The van der Waals surface area contributed by atoms with Crippen LogP contribution in [0.3, 0.4) is 0 Å². The summed E-state index contributed by atoms with van der Waals surface area (Å²) >= 11 is 5.73. The Bertz CT molecular complexity index is 382. The zero-order valence-corrected chi connectivity index (χ0v) is 12.7. The van der Waals surface area contributed by atoms with Gasteiger partial charge >= 0.3 is 0 Å². The predicted molar refractivity (Wildman–Crippen MR) is 79.5 cm³/mol. The maximum absolute atomic E-state index is 14.2. The van der Waals surface area contributed by atoms with Gasteiger partial charge in [-0.1, -0.05) is 19.9 Å². The SMILES string of the molecule is CCC(CC)N(CCOC)c1ccc(CCl)cc1F. The first-order valence-corrected chi connectivity index (χ1v) is 7.31. The number of methoxy groups -OCH3 is 1. The number of hydrogen-bond acceptors (Lipinski definition) is 2. The molecule has 1 aromatic carbocycles. The third-order valence-electron chi connectivity index (χ3n) is 3.40. The quantitative estimate of drug-likeness (QED) is 0.664. The van der Waals surface area contributed by atoms with E-state index in [-0.39, 0.29) is 5.82 Å². The van der Waals surface area contributed by atoms with E-state index in [4.69, 9.17) is 16.3 Å². The van der Waals surface area contributed by atoms with Crippen LogP contribution in [0, 0.1) is 5.82 Å². The molecule has 1 rings (SSSR count). The van der Waals surface area contributed by atoms with Crippen LogP contribution in [-0.2, 0) is 10.6 Å². The maximum atomic E-state index is 14.2. The third kappa shape index (κ3) is 4.36. The number of anilines is 1. The van der Waals surface area contributed by atoms with Crippen LogP contribution in [0.1, 0.15) is 32.3 Å². The van der Waals surface area contributed by atoms with Gasteiger partial charge in [0.25, 0.3) is 0 Å². The Balaban J connectivity index is 3.01. The largest absolute Gasteiger partial charge is 0.383 e. The first kappa shape index (κ1) is 16.3. The zero-order valence-electron chi connectivity index (χ0n) is 12.0. The average molecular weight is 288 g/mol. The molecule has 19 heavy (non-hydrogen) atoms. The highest BCUT2D eigenvalue weighted by molar-refractivity contribution is 6.17. The van der Waals surface area contributed by atoms with Gasteiger partial charge in [0.15, 0.2) is 0 Å². The monoisotopic (exact) mass is 287 g/mol. The Kier molecular flexibility index (Phi) is 7.17. The van der Waals surface area contributed by atoms with Gasteiger partial charge in [-0.15, -0.1) is 11.6 Å². The normalized spacial score (nSPS) is 11.1. The molecule has 0 saturated heterocycles. The fourth-order valence-corrected chi connectivity index (χ4v) is 2.45. The van der Waals surface area contributed by atoms with E-state index < -0.39 is 0 Å². The second-order valence-corrected chi connectivity index (χ2v) is 4.84. The van der Waals surface area contributed by atoms with Crippen LogP contribution < -0.4 is 4.90 Å². The van der Waals surface area contributed by atoms with Gasteiger partial charge in [-0.05, 0) is 30.5 Å². The Morgan fingerprint density at radius 1 is 1.32 bits per heavy atom. The fraction of sp³-hybridized carbons (Fsp3) is 0.600. The highest BCUT2D eigenvalue weighted by Gasteiger charge is 2.18. The number of halogens is 2. The van der Waals surface area contributed by atoms with E-state index >= 15 is 0 Å². The number of rotatable bonds is 8. The zero-order chi connectivity index (χ0) is 14.3. The highest BCUT2D eigenvalue weighted by atomic mass is 35.5. The lowest BCUT2D eigenvalue weighted by Gasteiger charge is -2.33. The molecule has 0 aliphatic carbocycles. The second kappa shape index (κ2) is 8.39. The van der Waals surface area contributed by atoms with Crippen molar-refractivity contribution < 1.29 is 9.13 Å². The van der Waals surface area contributed by atoms with Crippen molar-refractivity contribution in [3.05, 3.63) is 29.6 Å². The van der Waals surface area contributed by atoms with Crippen LogP contribution in [0.5, 0.6) is 0 Å². The summed E-state index contributed by atoms with van der Waals surface area (Å²) in [6, 6.07) is 5.55. The van der Waals surface area contributed by atoms with E-state index in [0.29, 0.717) is 30.8 Å². The van der Waals surface area contributed by atoms with Gasteiger partial charge in [-0.25, -0.2) is 4.39 Å². The van der Waals surface area contributed by atoms with Crippen LogP contribution in [0.2, 0.25) is 0 Å². The van der Waals surface area contributed by atoms with Crippen molar-refractivity contribution in [2.75, 3.05) is 25.2 Å². The Morgan fingerprint density at radius 2 is 2.00 bits per heavy atom. The summed E-state index contributed by atoms with van der Waals surface area (Å²) in [6.07, 6.45) is 1.97. The molecule has 0 N–H and O–H groups in total. The first-order valence-electron chi connectivity index (χ1n) is 6.77. The summed E-state index contributed by atoms with van der Waals surface area (Å²) in [4.78, 5) is 2.09. The van der Waals surface area contributed by atoms with Crippen molar-refractivity contribution in [2.45, 2.75) is 38.6 Å². The molecule has 0 bridgehead atoms. The van der Waals surface area contributed by atoms with Crippen molar-refractivity contribution in [1.82, 2.24) is 0 Å². The van der Waals surface area contributed by atoms with Gasteiger partial charge in [0.2, 0.25) is 0 Å². The molecule has 0 amide bonds. The van der Waals surface area contributed by atoms with Crippen molar-refractivity contribution in [1.29, 1.82) is 0 Å². The summed E-state index contributed by atoms with van der Waals surface area (Å²) in [6.45, 7) is 5.53. The molecular weight excluding hydrogens is 265 g/mol. The van der Waals surface area contributed by atoms with Gasteiger partial charge in [0.1, 0.15) is 5.82 Å². The summed E-state index contributed by atoms with van der Waals surface area (Å²) in [5.74, 6) is 0.126. The minimum Gasteiger partial charge on any atom is -0.383 e. The van der Waals surface area contributed by atoms with E-state index in [0.717, 1.165) is 18.4 Å². The third-order valence-corrected chi connectivity index (χ3v) is 3.70. The fourth-order valence-electron chi connectivity index (χ4n) is 2.29. The molecule has 0 spiro atoms. The molecular formula is C15H23ClFNO. The average Bonchev–Trinajstić information content (AvgIpc) is 2.44. The molecule has 0 aromatic heterocycles. The topological polar surface area (TPSA) is 12.5 Å². The van der Waals surface area contributed by atoms with E-state index in [1.807, 2.05) is 12.1 Å². The molecule has 2 nitrogen and oxygen atoms in total. The lowest BCUT2D eigenvalue weighted by molar-refractivity contribution is 0.202. The second-order valence-electron chi connectivity index (χ2n) is 4.58. The standard InChI is InChI=1S/C15H23ClFNO/c1-4-13(5-2)18(8-9-19-3)15-7-6-12(11-16)10-14(15)17/h6-7,10,13H,4-5,8-9,11H2,1-3H3. The Morgan fingerprint density at radius 3 is 2.47 bits per heavy atom. The molecule has 0 atom stereocenters. The van der Waals surface area contributed by atoms with Gasteiger partial charge in [0, 0.05) is 25.6 Å². The maximum Gasteiger partial charge on any atom is 0.146 e. The number of benzene rings is 1. The van der Waals surface area contributed by atoms with Crippen LogP contribution in [-0.4, -0.2) is 26.3 Å². The molecule has 4 heteroatoms. The molecule has 0 heterocycles. The van der Waals surface area contributed by atoms with Gasteiger partial charge < -0.3 is 9.64 Å². The summed E-state index contributed by atoms with van der Waals surface area (Å²) in [7, 11) is 1.66. The van der Waals surface area contributed by atoms with Crippen molar-refractivity contribution >= 4 is 17.3 Å². The van der Waals surface area contributed by atoms with Gasteiger partial charge in [-0.3, -0.25) is 0 Å². The summed E-state index contributed by atoms with van der Waals surface area (Å²) < 4.78 is 19.3. The van der Waals surface area contributed by atoms with E-state index in [9.17, 15) is 4.39 Å². The van der Waals surface area contributed by atoms with E-state index in [2.05, 4.69) is 18.7 Å². The number of nitrogens with zero attached hydrogens (tertiary/aromatic N) is 1. The van der Waals surface area contributed by atoms with Crippen molar-refractivity contribution in [3.8, 4) is 0 Å². The van der Waals surface area contributed by atoms with Crippen LogP contribution in [0.25, 0.3) is 0 Å². The first-order chi connectivity index (χ1) is 9.17. The number of ether oxygens (including phenoxy) is 1. The van der Waals surface area contributed by atoms with Crippen LogP contribution >= 0.6 is 11.6 Å². The van der Waals surface area contributed by atoms with Crippen LogP contribution in [0.15, 0.2) is 18.2 Å². The van der Waals surface area contributed by atoms with E-state index in [1.54, 1.807) is 7.11 Å². The van der Waals surface area contributed by atoms with Crippen LogP contribution in [0.4, 0.5) is 10.1 Å². The Hall–Kier alpha value is -0.800. The lowest BCUT2D eigenvalue weighted by Crippen LogP contribution is -2.37. The van der Waals surface area contributed by atoms with Crippen molar-refractivity contribution in [3.63, 3.8) is 0 Å². The minimum absolute atomic E-state index is 0.207. The Labute approximate surface area is 120 Å². The number of alkyl halides is 1. The molecule has 0 saturated carbocycles. The smallest absolute Gasteiger partial charge is 0.146 e. The van der Waals surface area contributed by atoms with Crippen molar-refractivity contribution in [2.24, 2.45) is 0 Å². The molecule has 108 valence electrons. The molecule has 0 radical (unpaired) electrons. The molecule has 0 fully saturated rings. The minimum atomic E-state index is -0.207. The molecule has 0 aliphatic rings. The predicted octanol–water partition coefficient (Wildman–Crippen LogP) is 4.21. The van der Waals surface area contributed by atoms with Gasteiger partial charge in [0.05, 0.1) is 12.3 Å². The lowest BCUT2D eigenvalue weighted by atomic mass is 10.1. The van der Waals surface area contributed by atoms with Gasteiger partial charge in [-0.2, -0.15) is 0 Å². The summed E-state index contributed by atoms with van der Waals surface area (Å²) in [5.41, 5.74) is 1.44. The molecule has 1 aromatic rings.